The van der Waals surface area contributed by atoms with Crippen molar-refractivity contribution in [1.29, 1.82) is 0 Å². The molecule has 0 aromatic heterocycles. The fourth-order valence-corrected chi connectivity index (χ4v) is 5.28. The van der Waals surface area contributed by atoms with E-state index >= 15 is 0 Å². The van der Waals surface area contributed by atoms with Gasteiger partial charge in [0.2, 0.25) is 10.0 Å². The number of hydrogen-bond acceptors (Lipinski definition) is 4. The summed E-state index contributed by atoms with van der Waals surface area (Å²) >= 11 is 0. The third kappa shape index (κ3) is 4.76. The second-order valence-electron chi connectivity index (χ2n) is 6.98. The molecule has 26 heavy (non-hydrogen) atoms. The summed E-state index contributed by atoms with van der Waals surface area (Å²) in [5, 5.41) is 6.29. The Hall–Kier alpha value is -1.15. The normalized spacial score (nSPS) is 22.4. The molecule has 2 heterocycles. The van der Waals surface area contributed by atoms with Crippen LogP contribution in [0.1, 0.15) is 49.4 Å². The summed E-state index contributed by atoms with van der Waals surface area (Å²) in [5.41, 5.74) is 0.504. The molecule has 2 saturated heterocycles. The summed E-state index contributed by atoms with van der Waals surface area (Å²) in [4.78, 5) is 12.6. The smallest absolute Gasteiger partial charge is 0.251 e. The number of hydrogen-bond donors (Lipinski definition) is 2. The van der Waals surface area contributed by atoms with E-state index in [1.54, 1.807) is 28.6 Å². The van der Waals surface area contributed by atoms with E-state index in [1.165, 1.54) is 0 Å². The highest BCUT2D eigenvalue weighted by molar-refractivity contribution is 7.89. The Morgan fingerprint density at radius 3 is 2.38 bits per heavy atom. The van der Waals surface area contributed by atoms with E-state index in [0.29, 0.717) is 12.1 Å². The number of halogens is 1. The maximum Gasteiger partial charge on any atom is 0.251 e. The molecule has 0 bridgehead atoms. The molecular formula is C18H28ClN3O3S. The minimum atomic E-state index is -3.49. The molecule has 0 saturated carbocycles. The maximum atomic E-state index is 12.8. The van der Waals surface area contributed by atoms with Crippen LogP contribution in [0.2, 0.25) is 0 Å². The SMILES string of the molecule is CC1CCCCN1S(=O)(=O)c1ccc(C(=O)NC2CCNCC2)cc1.Cl. The minimum Gasteiger partial charge on any atom is -0.349 e. The summed E-state index contributed by atoms with van der Waals surface area (Å²) in [6.07, 6.45) is 4.72. The maximum absolute atomic E-state index is 12.8. The van der Waals surface area contributed by atoms with E-state index in [0.717, 1.165) is 45.2 Å². The van der Waals surface area contributed by atoms with Crippen molar-refractivity contribution in [1.82, 2.24) is 14.9 Å². The van der Waals surface area contributed by atoms with Crippen LogP contribution in [0.15, 0.2) is 29.2 Å². The molecular weight excluding hydrogens is 374 g/mol. The second kappa shape index (κ2) is 9.17. The first-order chi connectivity index (χ1) is 12.0. The van der Waals surface area contributed by atoms with Gasteiger partial charge in [-0.3, -0.25) is 4.79 Å². The summed E-state index contributed by atoms with van der Waals surface area (Å²) < 4.78 is 27.2. The highest BCUT2D eigenvalue weighted by Gasteiger charge is 2.31. The molecule has 0 spiro atoms. The zero-order valence-electron chi connectivity index (χ0n) is 15.1. The second-order valence-corrected chi connectivity index (χ2v) is 8.87. The van der Waals surface area contributed by atoms with Crippen LogP contribution in [0.3, 0.4) is 0 Å². The Balaban J connectivity index is 0.00000243. The van der Waals surface area contributed by atoms with Crippen LogP contribution in [-0.4, -0.2) is 50.3 Å². The average Bonchev–Trinajstić information content (AvgIpc) is 2.63. The molecule has 2 aliphatic heterocycles. The average molecular weight is 402 g/mol. The van der Waals surface area contributed by atoms with Crippen molar-refractivity contribution in [2.24, 2.45) is 0 Å². The quantitative estimate of drug-likeness (QED) is 0.810. The first-order valence-corrected chi connectivity index (χ1v) is 10.6. The Morgan fingerprint density at radius 1 is 1.12 bits per heavy atom. The van der Waals surface area contributed by atoms with Gasteiger partial charge in [0.1, 0.15) is 0 Å². The van der Waals surface area contributed by atoms with Crippen LogP contribution in [0.4, 0.5) is 0 Å². The molecule has 1 amide bonds. The lowest BCUT2D eigenvalue weighted by Gasteiger charge is -2.32. The lowest BCUT2D eigenvalue weighted by Crippen LogP contribution is -2.42. The number of sulfonamides is 1. The van der Waals surface area contributed by atoms with Crippen molar-refractivity contribution in [2.45, 2.75) is 56.0 Å². The number of amides is 1. The largest absolute Gasteiger partial charge is 0.349 e. The minimum absolute atomic E-state index is 0. The molecule has 1 aromatic carbocycles. The van der Waals surface area contributed by atoms with Crippen molar-refractivity contribution in [2.75, 3.05) is 19.6 Å². The highest BCUT2D eigenvalue weighted by atomic mass is 35.5. The van der Waals surface area contributed by atoms with E-state index in [2.05, 4.69) is 10.6 Å². The van der Waals surface area contributed by atoms with E-state index in [-0.39, 0.29) is 35.3 Å². The molecule has 2 N–H and O–H groups in total. The first kappa shape index (κ1) is 21.2. The first-order valence-electron chi connectivity index (χ1n) is 9.12. The standard InChI is InChI=1S/C18H27N3O3S.ClH/c1-14-4-2-3-13-21(14)25(23,24)17-7-5-15(6-8-17)18(22)20-16-9-11-19-12-10-16;/h5-8,14,16,19H,2-4,9-13H2,1H3,(H,20,22);1H. The molecule has 1 aromatic rings. The topological polar surface area (TPSA) is 78.5 Å². The number of nitrogens with one attached hydrogen (secondary N) is 2. The number of carbonyl (C=O) groups is 1. The lowest BCUT2D eigenvalue weighted by atomic mass is 10.1. The van der Waals surface area contributed by atoms with Crippen molar-refractivity contribution >= 4 is 28.3 Å². The van der Waals surface area contributed by atoms with Crippen molar-refractivity contribution < 1.29 is 13.2 Å². The van der Waals surface area contributed by atoms with Gasteiger partial charge in [-0.2, -0.15) is 4.31 Å². The molecule has 6 nitrogen and oxygen atoms in total. The van der Waals surface area contributed by atoms with Crippen LogP contribution >= 0.6 is 12.4 Å². The van der Waals surface area contributed by atoms with Gasteiger partial charge in [0.05, 0.1) is 4.90 Å². The van der Waals surface area contributed by atoms with Crippen LogP contribution in [0.5, 0.6) is 0 Å². The molecule has 2 aliphatic rings. The predicted octanol–water partition coefficient (Wildman–Crippen LogP) is 2.15. The fourth-order valence-electron chi connectivity index (χ4n) is 3.58. The molecule has 2 fully saturated rings. The zero-order chi connectivity index (χ0) is 17.9. The summed E-state index contributed by atoms with van der Waals surface area (Å²) in [6, 6.07) is 6.53. The molecule has 146 valence electrons. The number of piperidine rings is 2. The third-order valence-corrected chi connectivity index (χ3v) is 7.17. The van der Waals surface area contributed by atoms with E-state index < -0.39 is 10.0 Å². The van der Waals surface area contributed by atoms with Gasteiger partial charge < -0.3 is 10.6 Å². The zero-order valence-corrected chi connectivity index (χ0v) is 16.7. The fraction of sp³-hybridized carbons (Fsp3) is 0.611. The molecule has 1 atom stereocenters. The Kier molecular flexibility index (Phi) is 7.46. The van der Waals surface area contributed by atoms with Crippen molar-refractivity contribution in [3.05, 3.63) is 29.8 Å². The van der Waals surface area contributed by atoms with Gasteiger partial charge in [0, 0.05) is 24.2 Å². The number of rotatable bonds is 4. The van der Waals surface area contributed by atoms with Gasteiger partial charge in [0.15, 0.2) is 0 Å². The predicted molar refractivity (Wildman–Crippen MR) is 104 cm³/mol. The molecule has 0 radical (unpaired) electrons. The van der Waals surface area contributed by atoms with Gasteiger partial charge >= 0.3 is 0 Å². The van der Waals surface area contributed by atoms with Crippen LogP contribution in [0.25, 0.3) is 0 Å². The number of benzene rings is 1. The number of carbonyl (C=O) groups excluding carboxylic acids is 1. The Labute approximate surface area is 162 Å². The monoisotopic (exact) mass is 401 g/mol. The van der Waals surface area contributed by atoms with Crippen molar-refractivity contribution in [3.63, 3.8) is 0 Å². The summed E-state index contributed by atoms with van der Waals surface area (Å²) in [7, 11) is -3.49. The third-order valence-electron chi connectivity index (χ3n) is 5.14. The van der Waals surface area contributed by atoms with E-state index in [4.69, 9.17) is 0 Å². The lowest BCUT2D eigenvalue weighted by molar-refractivity contribution is 0.0929. The Morgan fingerprint density at radius 2 is 1.77 bits per heavy atom. The van der Waals surface area contributed by atoms with Gasteiger partial charge in [-0.1, -0.05) is 6.42 Å². The molecule has 0 aliphatic carbocycles. The van der Waals surface area contributed by atoms with Crippen LogP contribution < -0.4 is 10.6 Å². The number of nitrogens with zero attached hydrogens (tertiary/aromatic N) is 1. The van der Waals surface area contributed by atoms with E-state index in [9.17, 15) is 13.2 Å². The Bertz CT molecular complexity index is 703. The van der Waals surface area contributed by atoms with Gasteiger partial charge in [-0.25, -0.2) is 8.42 Å². The van der Waals surface area contributed by atoms with Gasteiger partial charge in [0.25, 0.3) is 5.91 Å². The molecule has 3 rings (SSSR count). The molecule has 8 heteroatoms. The summed E-state index contributed by atoms with van der Waals surface area (Å²) in [6.45, 7) is 4.35. The van der Waals surface area contributed by atoms with Crippen LogP contribution in [-0.2, 0) is 10.0 Å². The van der Waals surface area contributed by atoms with E-state index in [1.807, 2.05) is 6.92 Å². The highest BCUT2D eigenvalue weighted by Crippen LogP contribution is 2.25. The van der Waals surface area contributed by atoms with Gasteiger partial charge in [-0.15, -0.1) is 12.4 Å². The van der Waals surface area contributed by atoms with Crippen LogP contribution in [0, 0.1) is 0 Å². The van der Waals surface area contributed by atoms with Gasteiger partial charge in [-0.05, 0) is 70.0 Å². The molecule has 1 unspecified atom stereocenters. The van der Waals surface area contributed by atoms with Crippen molar-refractivity contribution in [3.8, 4) is 0 Å². The summed E-state index contributed by atoms with van der Waals surface area (Å²) in [5.74, 6) is -0.137.